The number of pyridine rings is 1. The van der Waals surface area contributed by atoms with E-state index in [4.69, 9.17) is 5.11 Å². The predicted octanol–water partition coefficient (Wildman–Crippen LogP) is -0.0357. The Morgan fingerprint density at radius 1 is 1.50 bits per heavy atom. The van der Waals surface area contributed by atoms with Crippen LogP contribution in [0.25, 0.3) is 0 Å². The van der Waals surface area contributed by atoms with Gasteiger partial charge in [-0.05, 0) is 12.1 Å². The molecule has 5 nitrogen and oxygen atoms in total. The molecule has 1 aliphatic rings. The molecule has 1 aromatic rings. The van der Waals surface area contributed by atoms with E-state index in [1.807, 2.05) is 25.1 Å². The van der Waals surface area contributed by atoms with Crippen molar-refractivity contribution < 1.29 is 9.90 Å². The van der Waals surface area contributed by atoms with Gasteiger partial charge in [0.15, 0.2) is 0 Å². The minimum Gasteiger partial charge on any atom is -0.389 e. The maximum Gasteiger partial charge on any atom is 0.255 e. The van der Waals surface area contributed by atoms with Gasteiger partial charge in [0, 0.05) is 33.4 Å². The number of aliphatic hydroxyl groups is 1. The molecule has 0 atom stereocenters. The SMILES string of the molecule is CN(C)c1ccc(C(=O)N2CC(O)C2)cn1. The summed E-state index contributed by atoms with van der Waals surface area (Å²) in [6, 6.07) is 3.57. The zero-order chi connectivity index (χ0) is 11.7. The smallest absolute Gasteiger partial charge is 0.255 e. The Bertz CT molecular complexity index is 383. The number of anilines is 1. The molecule has 5 heteroatoms. The Morgan fingerprint density at radius 2 is 2.19 bits per heavy atom. The third-order valence-corrected chi connectivity index (χ3v) is 2.60. The van der Waals surface area contributed by atoms with Crippen LogP contribution in [0.15, 0.2) is 18.3 Å². The molecule has 2 rings (SSSR count). The van der Waals surface area contributed by atoms with E-state index in [9.17, 15) is 4.79 Å². The van der Waals surface area contributed by atoms with E-state index in [0.29, 0.717) is 18.7 Å². The van der Waals surface area contributed by atoms with Crippen LogP contribution < -0.4 is 4.90 Å². The van der Waals surface area contributed by atoms with Gasteiger partial charge in [-0.2, -0.15) is 0 Å². The third kappa shape index (κ3) is 1.99. The van der Waals surface area contributed by atoms with Crippen molar-refractivity contribution in [3.8, 4) is 0 Å². The molecule has 0 radical (unpaired) electrons. The molecule has 1 amide bonds. The van der Waals surface area contributed by atoms with Crippen LogP contribution in [0.2, 0.25) is 0 Å². The number of carbonyl (C=O) groups excluding carboxylic acids is 1. The van der Waals surface area contributed by atoms with E-state index in [1.165, 1.54) is 0 Å². The molecule has 0 aliphatic carbocycles. The van der Waals surface area contributed by atoms with E-state index in [1.54, 1.807) is 17.2 Å². The minimum atomic E-state index is -0.363. The lowest BCUT2D eigenvalue weighted by Gasteiger charge is -2.35. The van der Waals surface area contributed by atoms with Gasteiger partial charge in [-0.25, -0.2) is 4.98 Å². The second kappa shape index (κ2) is 4.09. The van der Waals surface area contributed by atoms with Gasteiger partial charge in [-0.15, -0.1) is 0 Å². The third-order valence-electron chi connectivity index (χ3n) is 2.60. The van der Waals surface area contributed by atoms with Gasteiger partial charge in [0.1, 0.15) is 5.82 Å². The van der Waals surface area contributed by atoms with Crippen LogP contribution in [0.4, 0.5) is 5.82 Å². The molecule has 1 aliphatic heterocycles. The van der Waals surface area contributed by atoms with Crippen molar-refractivity contribution >= 4 is 11.7 Å². The fourth-order valence-corrected chi connectivity index (χ4v) is 1.58. The van der Waals surface area contributed by atoms with Crippen LogP contribution in [-0.4, -0.2) is 54.2 Å². The Morgan fingerprint density at radius 3 is 2.62 bits per heavy atom. The molecular formula is C11H15N3O2. The molecule has 0 unspecified atom stereocenters. The number of carbonyl (C=O) groups is 1. The first kappa shape index (κ1) is 10.9. The molecule has 16 heavy (non-hydrogen) atoms. The van der Waals surface area contributed by atoms with Gasteiger partial charge in [-0.1, -0.05) is 0 Å². The summed E-state index contributed by atoms with van der Waals surface area (Å²) in [4.78, 5) is 19.5. The van der Waals surface area contributed by atoms with Crippen LogP contribution >= 0.6 is 0 Å². The number of β-amino-alcohol motifs (C(OH)–C–C–N with tert-alkyl or cyclic N) is 1. The van der Waals surface area contributed by atoms with E-state index >= 15 is 0 Å². The average Bonchev–Trinajstić information content (AvgIpc) is 2.24. The van der Waals surface area contributed by atoms with Gasteiger partial charge in [0.05, 0.1) is 11.7 Å². The van der Waals surface area contributed by atoms with Crippen LogP contribution in [0, 0.1) is 0 Å². The zero-order valence-electron chi connectivity index (χ0n) is 9.42. The summed E-state index contributed by atoms with van der Waals surface area (Å²) >= 11 is 0. The summed E-state index contributed by atoms with van der Waals surface area (Å²) in [6.07, 6.45) is 1.21. The van der Waals surface area contributed by atoms with Gasteiger partial charge < -0.3 is 14.9 Å². The lowest BCUT2D eigenvalue weighted by atomic mass is 10.1. The molecule has 0 bridgehead atoms. The molecule has 86 valence electrons. The molecule has 0 spiro atoms. The van der Waals surface area contributed by atoms with E-state index in [2.05, 4.69) is 4.98 Å². The number of likely N-dealkylation sites (tertiary alicyclic amines) is 1. The minimum absolute atomic E-state index is 0.0666. The second-order valence-corrected chi connectivity index (χ2v) is 4.16. The fraction of sp³-hybridized carbons (Fsp3) is 0.455. The summed E-state index contributed by atoms with van der Waals surface area (Å²) in [6.45, 7) is 0.850. The lowest BCUT2D eigenvalue weighted by molar-refractivity contribution is 0.00587. The van der Waals surface area contributed by atoms with Crippen molar-refractivity contribution in [2.45, 2.75) is 6.10 Å². The maximum atomic E-state index is 11.8. The van der Waals surface area contributed by atoms with Crippen molar-refractivity contribution in [3.63, 3.8) is 0 Å². The summed E-state index contributed by atoms with van der Waals surface area (Å²) < 4.78 is 0. The van der Waals surface area contributed by atoms with Crippen molar-refractivity contribution in [1.82, 2.24) is 9.88 Å². The number of amides is 1. The lowest BCUT2D eigenvalue weighted by Crippen LogP contribution is -2.53. The summed E-state index contributed by atoms with van der Waals surface area (Å²) in [5, 5.41) is 9.11. The first-order valence-electron chi connectivity index (χ1n) is 5.18. The molecule has 1 N–H and O–H groups in total. The monoisotopic (exact) mass is 221 g/mol. The first-order chi connectivity index (χ1) is 7.58. The number of nitrogens with zero attached hydrogens (tertiary/aromatic N) is 3. The Balaban J connectivity index is 2.07. The number of aliphatic hydroxyl groups excluding tert-OH is 1. The van der Waals surface area contributed by atoms with E-state index in [0.717, 1.165) is 5.82 Å². The number of rotatable bonds is 2. The van der Waals surface area contributed by atoms with Crippen LogP contribution in [-0.2, 0) is 0 Å². The van der Waals surface area contributed by atoms with Crippen LogP contribution in [0.5, 0.6) is 0 Å². The number of hydrogen-bond acceptors (Lipinski definition) is 4. The summed E-state index contributed by atoms with van der Waals surface area (Å²) in [5.41, 5.74) is 0.567. The maximum absolute atomic E-state index is 11.8. The standard InChI is InChI=1S/C11H15N3O2/c1-13(2)10-4-3-8(5-12-10)11(16)14-6-9(15)7-14/h3-5,9,15H,6-7H2,1-2H3. The second-order valence-electron chi connectivity index (χ2n) is 4.16. The first-order valence-corrected chi connectivity index (χ1v) is 5.18. The summed E-state index contributed by atoms with van der Waals surface area (Å²) in [7, 11) is 3.80. The highest BCUT2D eigenvalue weighted by atomic mass is 16.3. The van der Waals surface area contributed by atoms with Crippen molar-refractivity contribution in [3.05, 3.63) is 23.9 Å². The van der Waals surface area contributed by atoms with E-state index in [-0.39, 0.29) is 12.0 Å². The highest BCUT2D eigenvalue weighted by Crippen LogP contribution is 2.14. The topological polar surface area (TPSA) is 56.7 Å². The largest absolute Gasteiger partial charge is 0.389 e. The molecule has 1 saturated heterocycles. The van der Waals surface area contributed by atoms with E-state index < -0.39 is 0 Å². The molecule has 2 heterocycles. The fourth-order valence-electron chi connectivity index (χ4n) is 1.58. The highest BCUT2D eigenvalue weighted by Gasteiger charge is 2.29. The summed E-state index contributed by atoms with van der Waals surface area (Å²) in [5.74, 6) is 0.753. The normalized spacial score (nSPS) is 15.8. The quantitative estimate of drug-likeness (QED) is 0.761. The van der Waals surface area contributed by atoms with Crippen molar-refractivity contribution in [2.24, 2.45) is 0 Å². The van der Waals surface area contributed by atoms with Gasteiger partial charge in [0.2, 0.25) is 0 Å². The Labute approximate surface area is 94.3 Å². The predicted molar refractivity (Wildman–Crippen MR) is 60.5 cm³/mol. The van der Waals surface area contributed by atoms with Crippen LogP contribution in [0.1, 0.15) is 10.4 Å². The molecule has 0 aromatic carbocycles. The number of hydrogen-bond donors (Lipinski definition) is 1. The average molecular weight is 221 g/mol. The van der Waals surface area contributed by atoms with Crippen molar-refractivity contribution in [1.29, 1.82) is 0 Å². The Hall–Kier alpha value is -1.62. The van der Waals surface area contributed by atoms with Gasteiger partial charge in [-0.3, -0.25) is 4.79 Å². The number of aromatic nitrogens is 1. The molecular weight excluding hydrogens is 206 g/mol. The molecule has 0 saturated carbocycles. The van der Waals surface area contributed by atoms with Gasteiger partial charge in [0.25, 0.3) is 5.91 Å². The van der Waals surface area contributed by atoms with Gasteiger partial charge >= 0.3 is 0 Å². The highest BCUT2D eigenvalue weighted by molar-refractivity contribution is 5.94. The zero-order valence-corrected chi connectivity index (χ0v) is 9.42. The Kier molecular flexibility index (Phi) is 2.78. The molecule has 1 aromatic heterocycles. The van der Waals surface area contributed by atoms with Crippen molar-refractivity contribution in [2.75, 3.05) is 32.1 Å². The van der Waals surface area contributed by atoms with Crippen LogP contribution in [0.3, 0.4) is 0 Å². The molecule has 1 fully saturated rings.